The number of carboxylic acid groups (broad SMARTS) is 1. The molecule has 0 atom stereocenters. The van der Waals surface area contributed by atoms with Gasteiger partial charge in [-0.05, 0) is 56.7 Å². The van der Waals surface area contributed by atoms with Gasteiger partial charge in [-0.15, -0.1) is 0 Å². The number of hydrogen-bond acceptors (Lipinski definition) is 5. The van der Waals surface area contributed by atoms with E-state index in [0.29, 0.717) is 22.7 Å². The van der Waals surface area contributed by atoms with Gasteiger partial charge >= 0.3 is 17.9 Å². The minimum atomic E-state index is -1.08. The lowest BCUT2D eigenvalue weighted by atomic mass is 10.0. The maximum Gasteiger partial charge on any atom is 0.408 e. The molecule has 0 fully saturated rings. The Morgan fingerprint density at radius 1 is 1.00 bits per heavy atom. The van der Waals surface area contributed by atoms with Gasteiger partial charge in [0.15, 0.2) is 12.2 Å². The van der Waals surface area contributed by atoms with E-state index < -0.39 is 23.4 Å². The smallest absolute Gasteiger partial charge is 0.408 e. The van der Waals surface area contributed by atoms with Gasteiger partial charge in [-0.25, -0.2) is 9.78 Å². The molecule has 166 valence electrons. The number of nitrogens with zero attached hydrogens (tertiary/aromatic N) is 2. The van der Waals surface area contributed by atoms with E-state index in [1.165, 1.54) is 11.3 Å². The van der Waals surface area contributed by atoms with Crippen LogP contribution >= 0.6 is 0 Å². The molecule has 1 heterocycles. The Morgan fingerprint density at radius 2 is 1.66 bits per heavy atom. The van der Waals surface area contributed by atoms with Gasteiger partial charge in [0, 0.05) is 22.5 Å². The molecule has 0 unspecified atom stereocenters. The average molecular weight is 436 g/mol. The summed E-state index contributed by atoms with van der Waals surface area (Å²) < 4.78 is 5.22. The van der Waals surface area contributed by atoms with Crippen molar-refractivity contribution >= 4 is 29.3 Å². The lowest BCUT2D eigenvalue weighted by Gasteiger charge is -2.33. The highest BCUT2D eigenvalue weighted by molar-refractivity contribution is 6.43. The number of oxazole rings is 1. The Balaban J connectivity index is 1.68. The molecule has 3 amide bonds. The normalized spacial score (nSPS) is 11.0. The Labute approximate surface area is 185 Å². The van der Waals surface area contributed by atoms with E-state index in [2.05, 4.69) is 15.6 Å². The third-order valence-electron chi connectivity index (χ3n) is 4.70. The lowest BCUT2D eigenvalue weighted by molar-refractivity contribution is -0.133. The molecule has 3 rings (SSSR count). The van der Waals surface area contributed by atoms with Crippen molar-refractivity contribution in [2.45, 2.75) is 32.9 Å². The van der Waals surface area contributed by atoms with Crippen LogP contribution in [0.4, 0.5) is 16.2 Å². The molecular weight excluding hydrogens is 412 g/mol. The van der Waals surface area contributed by atoms with Crippen LogP contribution in [0.3, 0.4) is 0 Å². The summed E-state index contributed by atoms with van der Waals surface area (Å²) in [6, 6.07) is 13.5. The van der Waals surface area contributed by atoms with Gasteiger partial charge in [-0.1, -0.05) is 18.2 Å². The van der Waals surface area contributed by atoms with Gasteiger partial charge in [-0.2, -0.15) is 0 Å². The second-order valence-electron chi connectivity index (χ2n) is 8.05. The van der Waals surface area contributed by atoms with Crippen LogP contribution in [0, 0.1) is 0 Å². The maximum absolute atomic E-state index is 12.5. The first-order valence-electron chi connectivity index (χ1n) is 9.85. The minimum absolute atomic E-state index is 0.0556. The summed E-state index contributed by atoms with van der Waals surface area (Å²) in [6.45, 7) is 5.40. The number of carbonyl (C=O) groups is 3. The summed E-state index contributed by atoms with van der Waals surface area (Å²) >= 11 is 0. The molecule has 0 spiro atoms. The maximum atomic E-state index is 12.5. The summed E-state index contributed by atoms with van der Waals surface area (Å²) in [6.07, 6.45) is 1.82. The number of amides is 3. The number of anilines is 2. The molecule has 9 heteroatoms. The molecule has 32 heavy (non-hydrogen) atoms. The van der Waals surface area contributed by atoms with E-state index in [1.807, 2.05) is 0 Å². The number of rotatable bonds is 5. The molecule has 0 saturated heterocycles. The Kier molecular flexibility index (Phi) is 6.58. The molecule has 3 N–H and O–H groups in total. The van der Waals surface area contributed by atoms with Crippen LogP contribution in [0.15, 0.2) is 65.5 Å². The monoisotopic (exact) mass is 436 g/mol. The highest BCUT2D eigenvalue weighted by Crippen LogP contribution is 2.23. The average Bonchev–Trinajstić information content (AvgIpc) is 3.27. The standard InChI is InChI=1S/C23H24N4O5/c1-23(2,3)27(22(30)31)13-16-6-4-5-7-18(16)26-21(29)20(28)25-17-10-8-15(9-11-17)19-12-24-14-32-19/h4-12,14H,13H2,1-3H3,(H,25,28)(H,26,29)(H,30,31). The lowest BCUT2D eigenvalue weighted by Crippen LogP contribution is -2.44. The summed E-state index contributed by atoms with van der Waals surface area (Å²) in [7, 11) is 0. The first kappa shape index (κ1) is 22.5. The van der Waals surface area contributed by atoms with E-state index in [1.54, 1.807) is 75.5 Å². The van der Waals surface area contributed by atoms with Gasteiger partial charge in [0.1, 0.15) is 0 Å². The van der Waals surface area contributed by atoms with Gasteiger partial charge in [0.05, 0.1) is 12.7 Å². The van der Waals surface area contributed by atoms with Crippen LogP contribution in [0.25, 0.3) is 11.3 Å². The van der Waals surface area contributed by atoms with Crippen molar-refractivity contribution in [2.75, 3.05) is 10.6 Å². The fourth-order valence-corrected chi connectivity index (χ4v) is 2.99. The molecule has 0 aliphatic rings. The van der Waals surface area contributed by atoms with Crippen LogP contribution in [-0.2, 0) is 16.1 Å². The van der Waals surface area contributed by atoms with Gasteiger partial charge in [0.2, 0.25) is 0 Å². The molecule has 2 aromatic carbocycles. The minimum Gasteiger partial charge on any atom is -0.465 e. The summed E-state index contributed by atoms with van der Waals surface area (Å²) in [5, 5.41) is 14.6. The van der Waals surface area contributed by atoms with Gasteiger partial charge < -0.3 is 20.2 Å². The Morgan fingerprint density at radius 3 is 2.25 bits per heavy atom. The van der Waals surface area contributed by atoms with Crippen molar-refractivity contribution in [3.8, 4) is 11.3 Å². The van der Waals surface area contributed by atoms with Crippen LogP contribution in [-0.4, -0.2) is 38.4 Å². The molecule has 0 bridgehead atoms. The number of aromatic nitrogens is 1. The predicted molar refractivity (Wildman–Crippen MR) is 119 cm³/mol. The first-order valence-corrected chi connectivity index (χ1v) is 9.85. The number of para-hydroxylation sites is 1. The first-order chi connectivity index (χ1) is 15.1. The van der Waals surface area contributed by atoms with E-state index in [9.17, 15) is 19.5 Å². The fraction of sp³-hybridized carbons (Fsp3) is 0.217. The van der Waals surface area contributed by atoms with Crippen LogP contribution in [0.1, 0.15) is 26.3 Å². The van der Waals surface area contributed by atoms with Crippen molar-refractivity contribution in [1.29, 1.82) is 0 Å². The van der Waals surface area contributed by atoms with E-state index >= 15 is 0 Å². The number of benzene rings is 2. The molecule has 0 aliphatic carbocycles. The van der Waals surface area contributed by atoms with Crippen LogP contribution in [0.5, 0.6) is 0 Å². The van der Waals surface area contributed by atoms with E-state index in [4.69, 9.17) is 4.42 Å². The molecule has 0 radical (unpaired) electrons. The second-order valence-corrected chi connectivity index (χ2v) is 8.05. The van der Waals surface area contributed by atoms with Gasteiger partial charge in [-0.3, -0.25) is 14.5 Å². The predicted octanol–water partition coefficient (Wildman–Crippen LogP) is 4.20. The van der Waals surface area contributed by atoms with Gasteiger partial charge in [0.25, 0.3) is 0 Å². The topological polar surface area (TPSA) is 125 Å². The van der Waals surface area contributed by atoms with Crippen molar-refractivity contribution in [2.24, 2.45) is 0 Å². The molecular formula is C23H24N4O5. The van der Waals surface area contributed by atoms with Crippen molar-refractivity contribution in [3.63, 3.8) is 0 Å². The number of hydrogen-bond donors (Lipinski definition) is 3. The van der Waals surface area contributed by atoms with Crippen molar-refractivity contribution in [3.05, 3.63) is 66.7 Å². The molecule has 3 aromatic rings. The van der Waals surface area contributed by atoms with Crippen LogP contribution in [0.2, 0.25) is 0 Å². The molecule has 0 aliphatic heterocycles. The summed E-state index contributed by atoms with van der Waals surface area (Å²) in [5.41, 5.74) is 1.51. The number of carbonyl (C=O) groups excluding carboxylic acids is 2. The fourth-order valence-electron chi connectivity index (χ4n) is 2.99. The Bertz CT molecular complexity index is 1100. The van der Waals surface area contributed by atoms with Crippen molar-refractivity contribution in [1.82, 2.24) is 9.88 Å². The molecule has 9 nitrogen and oxygen atoms in total. The van der Waals surface area contributed by atoms with E-state index in [0.717, 1.165) is 5.56 Å². The van der Waals surface area contributed by atoms with Crippen LogP contribution < -0.4 is 10.6 Å². The zero-order chi connectivity index (χ0) is 23.3. The molecule has 1 aromatic heterocycles. The zero-order valence-corrected chi connectivity index (χ0v) is 18.0. The summed E-state index contributed by atoms with van der Waals surface area (Å²) in [4.78, 5) is 41.6. The number of nitrogens with one attached hydrogen (secondary N) is 2. The van der Waals surface area contributed by atoms with Crippen molar-refractivity contribution < 1.29 is 23.9 Å². The highest BCUT2D eigenvalue weighted by atomic mass is 16.4. The SMILES string of the molecule is CC(C)(C)N(Cc1ccccc1NC(=O)C(=O)Nc1ccc(-c2cnco2)cc1)C(=O)O. The Hall–Kier alpha value is -4.14. The highest BCUT2D eigenvalue weighted by Gasteiger charge is 2.27. The quantitative estimate of drug-likeness (QED) is 0.515. The zero-order valence-electron chi connectivity index (χ0n) is 18.0. The van der Waals surface area contributed by atoms with E-state index in [-0.39, 0.29) is 6.54 Å². The summed E-state index contributed by atoms with van der Waals surface area (Å²) in [5.74, 6) is -1.13. The third-order valence-corrected chi connectivity index (χ3v) is 4.70. The third kappa shape index (κ3) is 5.51. The second kappa shape index (κ2) is 9.34. The largest absolute Gasteiger partial charge is 0.465 e. The molecule has 0 saturated carbocycles.